The standard InChI is InChI=1S/C12H10N4O6/c1-2-22-12(17)10-6-13-14-11(10)7-3-8(15(18)19)5-9(4-7)16(20)21/h3-6H,2H2,1H3,(H,13,14). The first-order chi connectivity index (χ1) is 10.4. The second kappa shape index (κ2) is 5.99. The summed E-state index contributed by atoms with van der Waals surface area (Å²) in [4.78, 5) is 32.1. The van der Waals surface area contributed by atoms with E-state index < -0.39 is 27.2 Å². The van der Waals surface area contributed by atoms with Crippen molar-refractivity contribution in [3.63, 3.8) is 0 Å². The molecular weight excluding hydrogens is 296 g/mol. The molecule has 0 spiro atoms. The Morgan fingerprint density at radius 3 is 2.32 bits per heavy atom. The topological polar surface area (TPSA) is 141 Å². The maximum atomic E-state index is 11.8. The minimum Gasteiger partial charge on any atom is -0.462 e. The van der Waals surface area contributed by atoms with E-state index in [4.69, 9.17) is 4.74 Å². The summed E-state index contributed by atoms with van der Waals surface area (Å²) in [7, 11) is 0. The fraction of sp³-hybridized carbons (Fsp3) is 0.167. The highest BCUT2D eigenvalue weighted by atomic mass is 16.6. The predicted octanol–water partition coefficient (Wildman–Crippen LogP) is 2.07. The number of carbonyl (C=O) groups is 1. The summed E-state index contributed by atoms with van der Waals surface area (Å²) in [6, 6.07) is 3.07. The van der Waals surface area contributed by atoms with Crippen LogP contribution in [-0.2, 0) is 4.74 Å². The molecule has 0 aliphatic rings. The summed E-state index contributed by atoms with van der Waals surface area (Å²) in [6.07, 6.45) is 1.19. The molecule has 0 aliphatic heterocycles. The number of hydrogen-bond donors (Lipinski definition) is 1. The van der Waals surface area contributed by atoms with Gasteiger partial charge in [-0.05, 0) is 6.92 Å². The van der Waals surface area contributed by atoms with Crippen molar-refractivity contribution < 1.29 is 19.4 Å². The van der Waals surface area contributed by atoms with Crippen molar-refractivity contribution in [2.24, 2.45) is 0 Å². The summed E-state index contributed by atoms with van der Waals surface area (Å²) >= 11 is 0. The van der Waals surface area contributed by atoms with Gasteiger partial charge < -0.3 is 4.74 Å². The van der Waals surface area contributed by atoms with Gasteiger partial charge in [-0.25, -0.2) is 4.79 Å². The first-order valence-corrected chi connectivity index (χ1v) is 6.08. The number of non-ortho nitro benzene ring substituents is 2. The van der Waals surface area contributed by atoms with E-state index in [0.717, 1.165) is 18.2 Å². The molecule has 114 valence electrons. The van der Waals surface area contributed by atoms with Gasteiger partial charge in [0.2, 0.25) is 0 Å². The predicted molar refractivity (Wildman–Crippen MR) is 73.3 cm³/mol. The van der Waals surface area contributed by atoms with Gasteiger partial charge in [0.15, 0.2) is 0 Å². The van der Waals surface area contributed by atoms with Gasteiger partial charge in [-0.15, -0.1) is 0 Å². The van der Waals surface area contributed by atoms with Gasteiger partial charge in [0.25, 0.3) is 11.4 Å². The molecule has 0 radical (unpaired) electrons. The van der Waals surface area contributed by atoms with Crippen LogP contribution in [0.1, 0.15) is 17.3 Å². The van der Waals surface area contributed by atoms with Crippen molar-refractivity contribution >= 4 is 17.3 Å². The van der Waals surface area contributed by atoms with Gasteiger partial charge in [-0.3, -0.25) is 25.3 Å². The first-order valence-electron chi connectivity index (χ1n) is 6.08. The Morgan fingerprint density at radius 1 is 1.23 bits per heavy atom. The molecule has 0 saturated carbocycles. The molecule has 2 rings (SSSR count). The van der Waals surface area contributed by atoms with Crippen LogP contribution in [0.3, 0.4) is 0 Å². The largest absolute Gasteiger partial charge is 0.462 e. The van der Waals surface area contributed by atoms with Gasteiger partial charge in [-0.1, -0.05) is 0 Å². The molecule has 0 amide bonds. The Morgan fingerprint density at radius 2 is 1.82 bits per heavy atom. The lowest BCUT2D eigenvalue weighted by atomic mass is 10.1. The SMILES string of the molecule is CCOC(=O)c1cn[nH]c1-c1cc([N+](=O)[O-])cc([N+](=O)[O-])c1. The number of carbonyl (C=O) groups excluding carboxylic acids is 1. The van der Waals surface area contributed by atoms with E-state index in [9.17, 15) is 25.0 Å². The van der Waals surface area contributed by atoms with Crippen molar-refractivity contribution in [3.05, 3.63) is 50.2 Å². The quantitative estimate of drug-likeness (QED) is 0.506. The highest BCUT2D eigenvalue weighted by Gasteiger charge is 2.22. The number of nitrogens with zero attached hydrogens (tertiary/aromatic N) is 3. The number of aromatic amines is 1. The van der Waals surface area contributed by atoms with Crippen LogP contribution in [0.5, 0.6) is 0 Å². The molecule has 1 aromatic heterocycles. The van der Waals surface area contributed by atoms with Crippen molar-refractivity contribution in [1.29, 1.82) is 0 Å². The number of rotatable bonds is 5. The Labute approximate surface area is 123 Å². The number of hydrogen-bond acceptors (Lipinski definition) is 7. The number of aromatic nitrogens is 2. The van der Waals surface area contributed by atoms with Crippen molar-refractivity contribution in [2.75, 3.05) is 6.61 Å². The van der Waals surface area contributed by atoms with Crippen LogP contribution < -0.4 is 0 Å². The number of H-pyrrole nitrogens is 1. The lowest BCUT2D eigenvalue weighted by molar-refractivity contribution is -0.394. The Balaban J connectivity index is 2.58. The highest BCUT2D eigenvalue weighted by molar-refractivity contribution is 5.96. The number of esters is 1. The zero-order valence-corrected chi connectivity index (χ0v) is 11.3. The van der Waals surface area contributed by atoms with Gasteiger partial charge >= 0.3 is 5.97 Å². The molecule has 10 heteroatoms. The van der Waals surface area contributed by atoms with Crippen molar-refractivity contribution in [3.8, 4) is 11.3 Å². The maximum Gasteiger partial charge on any atom is 0.341 e. The van der Waals surface area contributed by atoms with Crippen LogP contribution in [-0.4, -0.2) is 32.6 Å². The van der Waals surface area contributed by atoms with Crippen LogP contribution in [0.4, 0.5) is 11.4 Å². The fourth-order valence-electron chi connectivity index (χ4n) is 1.82. The van der Waals surface area contributed by atoms with Gasteiger partial charge in [-0.2, -0.15) is 5.10 Å². The molecule has 0 bridgehead atoms. The molecule has 2 aromatic rings. The third-order valence-electron chi connectivity index (χ3n) is 2.75. The summed E-state index contributed by atoms with van der Waals surface area (Å²) in [5, 5.41) is 28.0. The molecule has 1 aromatic carbocycles. The second-order valence-corrected chi connectivity index (χ2v) is 4.13. The number of ether oxygens (including phenoxy) is 1. The molecule has 22 heavy (non-hydrogen) atoms. The molecule has 0 aliphatic carbocycles. The van der Waals surface area contributed by atoms with E-state index in [1.807, 2.05) is 0 Å². The summed E-state index contributed by atoms with van der Waals surface area (Å²) in [5.74, 6) is -0.680. The zero-order valence-electron chi connectivity index (χ0n) is 11.3. The molecule has 0 unspecified atom stereocenters. The Kier molecular flexibility index (Phi) is 4.11. The van der Waals surface area contributed by atoms with E-state index in [1.165, 1.54) is 6.20 Å². The summed E-state index contributed by atoms with van der Waals surface area (Å²) < 4.78 is 4.84. The molecule has 10 nitrogen and oxygen atoms in total. The van der Waals surface area contributed by atoms with E-state index >= 15 is 0 Å². The molecule has 0 atom stereocenters. The van der Waals surface area contributed by atoms with Crippen LogP contribution in [0.2, 0.25) is 0 Å². The molecule has 0 fully saturated rings. The third-order valence-corrected chi connectivity index (χ3v) is 2.75. The molecule has 1 N–H and O–H groups in total. The number of nitrogens with one attached hydrogen (secondary N) is 1. The second-order valence-electron chi connectivity index (χ2n) is 4.13. The average molecular weight is 306 g/mol. The fourth-order valence-corrected chi connectivity index (χ4v) is 1.82. The zero-order chi connectivity index (χ0) is 16.3. The minimum atomic E-state index is -0.753. The monoisotopic (exact) mass is 306 g/mol. The van der Waals surface area contributed by atoms with Crippen molar-refractivity contribution in [1.82, 2.24) is 10.2 Å². The lowest BCUT2D eigenvalue weighted by Crippen LogP contribution is -2.05. The number of benzene rings is 1. The van der Waals surface area contributed by atoms with Crippen LogP contribution in [0, 0.1) is 20.2 Å². The van der Waals surface area contributed by atoms with Crippen molar-refractivity contribution in [2.45, 2.75) is 6.92 Å². The highest BCUT2D eigenvalue weighted by Crippen LogP contribution is 2.30. The first kappa shape index (κ1) is 15.1. The van der Waals surface area contributed by atoms with Gasteiger partial charge in [0.05, 0.1) is 34.4 Å². The van der Waals surface area contributed by atoms with Gasteiger partial charge in [0, 0.05) is 17.7 Å². The van der Waals surface area contributed by atoms with E-state index in [0.29, 0.717) is 0 Å². The average Bonchev–Trinajstić information content (AvgIpc) is 2.96. The van der Waals surface area contributed by atoms with Crippen LogP contribution in [0.15, 0.2) is 24.4 Å². The number of nitro groups is 2. The normalized spacial score (nSPS) is 10.2. The van der Waals surface area contributed by atoms with E-state index in [-0.39, 0.29) is 23.4 Å². The van der Waals surface area contributed by atoms with Gasteiger partial charge in [0.1, 0.15) is 5.56 Å². The Bertz CT molecular complexity index is 722. The number of nitro benzene ring substituents is 2. The Hall–Kier alpha value is -3.30. The lowest BCUT2D eigenvalue weighted by Gasteiger charge is -2.03. The maximum absolute atomic E-state index is 11.8. The molecule has 1 heterocycles. The van der Waals surface area contributed by atoms with Crippen LogP contribution in [0.25, 0.3) is 11.3 Å². The van der Waals surface area contributed by atoms with E-state index in [2.05, 4.69) is 10.2 Å². The van der Waals surface area contributed by atoms with Crippen LogP contribution >= 0.6 is 0 Å². The summed E-state index contributed by atoms with van der Waals surface area (Å²) in [5.41, 5.74) is -0.675. The smallest absolute Gasteiger partial charge is 0.341 e. The summed E-state index contributed by atoms with van der Waals surface area (Å²) in [6.45, 7) is 1.76. The molecule has 0 saturated heterocycles. The van der Waals surface area contributed by atoms with E-state index in [1.54, 1.807) is 6.92 Å². The molecular formula is C12H10N4O6. The minimum absolute atomic E-state index is 0.0386. The third kappa shape index (κ3) is 2.90.